The van der Waals surface area contributed by atoms with Crippen molar-refractivity contribution >= 4 is 17.8 Å². The number of hydrogen-bond donors (Lipinski definition) is 0. The van der Waals surface area contributed by atoms with Gasteiger partial charge in [0.2, 0.25) is 0 Å². The molecule has 0 aliphatic carbocycles. The molecular weight excluding hydrogens is 316 g/mol. The number of carbonyl (C=O) groups excluding carboxylic acids is 3. The third kappa shape index (κ3) is 2.39. The lowest BCUT2D eigenvalue weighted by Gasteiger charge is -2.34. The molecule has 24 heavy (non-hydrogen) atoms. The van der Waals surface area contributed by atoms with Gasteiger partial charge in [-0.2, -0.15) is 0 Å². The van der Waals surface area contributed by atoms with Crippen LogP contribution in [0, 0.1) is 0 Å². The van der Waals surface area contributed by atoms with Gasteiger partial charge in [0.15, 0.2) is 12.0 Å². The number of urea groups is 1. The van der Waals surface area contributed by atoms with Crippen molar-refractivity contribution in [2.45, 2.75) is 26.1 Å². The van der Waals surface area contributed by atoms with Crippen LogP contribution >= 0.6 is 0 Å². The molecule has 0 aromatic rings. The van der Waals surface area contributed by atoms with Crippen LogP contribution in [0.1, 0.15) is 19.8 Å². The molecule has 1 atom stereocenters. The Bertz CT molecular complexity index is 707. The maximum Gasteiger partial charge on any atom is 0.333 e. The number of methoxy groups -OCH3 is 1. The first kappa shape index (κ1) is 16.3. The summed E-state index contributed by atoms with van der Waals surface area (Å²) in [5.74, 6) is 0.0664. The minimum absolute atomic E-state index is 0.119. The van der Waals surface area contributed by atoms with Crippen LogP contribution in [-0.4, -0.2) is 55.1 Å². The first-order valence-corrected chi connectivity index (χ1v) is 7.48. The van der Waals surface area contributed by atoms with Crippen molar-refractivity contribution < 1.29 is 28.6 Å². The lowest BCUT2D eigenvalue weighted by Crippen LogP contribution is -2.53. The molecule has 8 nitrogen and oxygen atoms in total. The number of rotatable bonds is 1. The third-order valence-electron chi connectivity index (χ3n) is 4.13. The Kier molecular flexibility index (Phi) is 3.92. The average molecular weight is 334 g/mol. The quantitative estimate of drug-likeness (QED) is 0.530. The van der Waals surface area contributed by atoms with Crippen LogP contribution in [-0.2, 0) is 23.8 Å². The molecule has 0 spiro atoms. The topological polar surface area (TPSA) is 85.4 Å². The summed E-state index contributed by atoms with van der Waals surface area (Å²) >= 11 is 0. The maximum absolute atomic E-state index is 12.5. The number of carbonyl (C=O) groups is 3. The van der Waals surface area contributed by atoms with Crippen LogP contribution in [0.4, 0.5) is 4.79 Å². The highest BCUT2D eigenvalue weighted by atomic mass is 16.7. The number of nitrogens with zero attached hydrogens (tertiary/aromatic N) is 2. The molecule has 128 valence electrons. The second kappa shape index (κ2) is 5.79. The number of hydrogen-bond acceptors (Lipinski definition) is 6. The van der Waals surface area contributed by atoms with Gasteiger partial charge in [0, 0.05) is 39.6 Å². The minimum Gasteiger partial charge on any atom is -0.462 e. The summed E-state index contributed by atoms with van der Waals surface area (Å²) in [7, 11) is 4.18. The van der Waals surface area contributed by atoms with Gasteiger partial charge in [-0.05, 0) is 13.0 Å². The molecule has 4 amide bonds. The van der Waals surface area contributed by atoms with Crippen LogP contribution in [0.3, 0.4) is 0 Å². The number of ether oxygens (including phenoxy) is 3. The predicted octanol–water partition coefficient (Wildman–Crippen LogP) is 1.26. The van der Waals surface area contributed by atoms with Gasteiger partial charge in [-0.3, -0.25) is 19.4 Å². The fraction of sp³-hybridized carbons (Fsp3) is 0.438. The van der Waals surface area contributed by atoms with Crippen molar-refractivity contribution in [3.63, 3.8) is 0 Å². The van der Waals surface area contributed by atoms with Gasteiger partial charge < -0.3 is 14.2 Å². The molecule has 0 N–H and O–H groups in total. The second-order valence-electron chi connectivity index (χ2n) is 5.73. The zero-order valence-corrected chi connectivity index (χ0v) is 13.9. The summed E-state index contributed by atoms with van der Waals surface area (Å²) in [6, 6.07) is -0.671. The summed E-state index contributed by atoms with van der Waals surface area (Å²) < 4.78 is 16.6. The van der Waals surface area contributed by atoms with E-state index in [1.54, 1.807) is 13.0 Å². The Hall–Kier alpha value is -2.61. The molecular formula is C16H18N2O6. The van der Waals surface area contributed by atoms with Crippen LogP contribution in [0.15, 0.2) is 34.5 Å². The van der Waals surface area contributed by atoms with Crippen LogP contribution in [0.25, 0.3) is 0 Å². The number of amides is 4. The van der Waals surface area contributed by atoms with Gasteiger partial charge in [0.1, 0.15) is 17.1 Å². The van der Waals surface area contributed by atoms with Crippen LogP contribution in [0.2, 0.25) is 0 Å². The van der Waals surface area contributed by atoms with Crippen molar-refractivity contribution in [3.05, 3.63) is 34.5 Å². The summed E-state index contributed by atoms with van der Waals surface area (Å²) in [6.45, 7) is 1.73. The van der Waals surface area contributed by atoms with Crippen molar-refractivity contribution in [1.82, 2.24) is 9.80 Å². The van der Waals surface area contributed by atoms with Crippen LogP contribution < -0.4 is 0 Å². The fourth-order valence-corrected chi connectivity index (χ4v) is 2.83. The van der Waals surface area contributed by atoms with E-state index in [4.69, 9.17) is 14.2 Å². The van der Waals surface area contributed by atoms with E-state index >= 15 is 0 Å². The lowest BCUT2D eigenvalue weighted by molar-refractivity contribution is -0.134. The van der Waals surface area contributed by atoms with Crippen molar-refractivity contribution in [2.24, 2.45) is 0 Å². The number of imide groups is 2. The third-order valence-corrected chi connectivity index (χ3v) is 4.13. The van der Waals surface area contributed by atoms with E-state index in [9.17, 15) is 14.4 Å². The number of allylic oxidation sites excluding steroid dienone is 3. The van der Waals surface area contributed by atoms with E-state index in [1.807, 2.05) is 0 Å². The Balaban J connectivity index is 2.16. The summed E-state index contributed by atoms with van der Waals surface area (Å²) in [6.07, 6.45) is 2.24. The van der Waals surface area contributed by atoms with E-state index in [0.717, 1.165) is 9.80 Å². The zero-order valence-electron chi connectivity index (χ0n) is 13.9. The first-order chi connectivity index (χ1) is 11.3. The SMILES string of the molecule is COC1CCC2=C(O1)C(=C1C(=O)N(C)C(=O)N(C)C1=O)C=C(C)O2. The highest BCUT2D eigenvalue weighted by Crippen LogP contribution is 2.38. The van der Waals surface area contributed by atoms with Crippen molar-refractivity contribution in [3.8, 4) is 0 Å². The largest absolute Gasteiger partial charge is 0.462 e. The predicted molar refractivity (Wildman–Crippen MR) is 80.9 cm³/mol. The summed E-state index contributed by atoms with van der Waals surface area (Å²) in [5, 5.41) is 0. The molecule has 0 aromatic heterocycles. The van der Waals surface area contributed by atoms with Gasteiger partial charge in [0.25, 0.3) is 11.8 Å². The summed E-state index contributed by atoms with van der Waals surface area (Å²) in [4.78, 5) is 38.8. The zero-order chi connectivity index (χ0) is 17.6. The molecule has 3 aliphatic rings. The van der Waals surface area contributed by atoms with Gasteiger partial charge in [-0.15, -0.1) is 0 Å². The Morgan fingerprint density at radius 2 is 1.79 bits per heavy atom. The van der Waals surface area contributed by atoms with Gasteiger partial charge in [-0.1, -0.05) is 0 Å². The molecule has 1 saturated heterocycles. The lowest BCUT2D eigenvalue weighted by atomic mass is 9.97. The molecule has 8 heteroatoms. The molecule has 0 saturated carbocycles. The van der Waals surface area contributed by atoms with E-state index in [-0.39, 0.29) is 5.57 Å². The fourth-order valence-electron chi connectivity index (χ4n) is 2.83. The highest BCUT2D eigenvalue weighted by molar-refractivity contribution is 6.29. The van der Waals surface area contributed by atoms with E-state index < -0.39 is 24.1 Å². The van der Waals surface area contributed by atoms with E-state index in [2.05, 4.69) is 0 Å². The van der Waals surface area contributed by atoms with Crippen molar-refractivity contribution in [2.75, 3.05) is 21.2 Å². The smallest absolute Gasteiger partial charge is 0.333 e. The Morgan fingerprint density at radius 1 is 1.17 bits per heavy atom. The monoisotopic (exact) mass is 334 g/mol. The normalized spacial score (nSPS) is 24.8. The maximum atomic E-state index is 12.5. The van der Waals surface area contributed by atoms with Crippen molar-refractivity contribution in [1.29, 1.82) is 0 Å². The molecule has 0 radical (unpaired) electrons. The molecule has 0 bridgehead atoms. The van der Waals surface area contributed by atoms with Crippen LogP contribution in [0.5, 0.6) is 0 Å². The Morgan fingerprint density at radius 3 is 2.38 bits per heavy atom. The molecule has 1 fully saturated rings. The Labute approximate surface area is 138 Å². The van der Waals surface area contributed by atoms with Gasteiger partial charge >= 0.3 is 6.03 Å². The number of barbiturate groups is 1. The molecule has 1 unspecified atom stereocenters. The minimum atomic E-state index is -0.671. The molecule has 3 aliphatic heterocycles. The standard InChI is InChI=1S/C16H18N2O6/c1-8-7-9(13-10(23-8)5-6-11(22-4)24-13)12-14(19)17(2)16(21)18(3)15(12)20/h7,11H,5-6H2,1-4H3. The second-order valence-corrected chi connectivity index (χ2v) is 5.73. The summed E-state index contributed by atoms with van der Waals surface area (Å²) in [5.41, 5.74) is 0.197. The molecule has 0 aromatic carbocycles. The van der Waals surface area contributed by atoms with E-state index in [1.165, 1.54) is 21.2 Å². The van der Waals surface area contributed by atoms with Gasteiger partial charge in [-0.25, -0.2) is 4.79 Å². The number of likely N-dealkylation sites (N-methyl/N-ethyl adjacent to an activating group) is 2. The molecule has 3 rings (SSSR count). The van der Waals surface area contributed by atoms with Gasteiger partial charge in [0.05, 0.1) is 0 Å². The highest BCUT2D eigenvalue weighted by Gasteiger charge is 2.42. The average Bonchev–Trinajstić information content (AvgIpc) is 2.58. The molecule has 3 heterocycles. The van der Waals surface area contributed by atoms with E-state index in [0.29, 0.717) is 35.7 Å². The first-order valence-electron chi connectivity index (χ1n) is 7.48.